The number of aryl methyl sites for hydroxylation is 3. The van der Waals surface area contributed by atoms with E-state index in [4.69, 9.17) is 4.74 Å². The van der Waals surface area contributed by atoms with E-state index in [0.29, 0.717) is 18.7 Å². The molecule has 0 aliphatic rings. The van der Waals surface area contributed by atoms with Gasteiger partial charge in [0.1, 0.15) is 0 Å². The maximum atomic E-state index is 12.5. The van der Waals surface area contributed by atoms with Crippen molar-refractivity contribution in [1.82, 2.24) is 4.31 Å². The van der Waals surface area contributed by atoms with Gasteiger partial charge in [-0.1, -0.05) is 31.5 Å². The Kier molecular flexibility index (Phi) is 7.32. The maximum absolute atomic E-state index is 12.5. The molecule has 0 heterocycles. The molecule has 7 heteroatoms. The van der Waals surface area contributed by atoms with E-state index in [9.17, 15) is 18.0 Å². The molecule has 0 radical (unpaired) electrons. The van der Waals surface area contributed by atoms with E-state index < -0.39 is 16.0 Å². The fraction of sp³-hybridized carbons (Fsp3) is 0.364. The number of benzene rings is 2. The van der Waals surface area contributed by atoms with Crippen LogP contribution >= 0.6 is 0 Å². The molecule has 2 rings (SSSR count). The SMILES string of the molecule is CCN(CC)S(=O)(=O)c1ccc(C(=O)OCC(=O)c2c(C)cc(C)cc2C)cc1. The van der Waals surface area contributed by atoms with Crippen molar-refractivity contribution in [3.8, 4) is 0 Å². The Labute approximate surface area is 172 Å². The Morgan fingerprint density at radius 3 is 1.93 bits per heavy atom. The van der Waals surface area contributed by atoms with Crippen LogP contribution in [0.2, 0.25) is 0 Å². The summed E-state index contributed by atoms with van der Waals surface area (Å²) < 4.78 is 31.5. The minimum Gasteiger partial charge on any atom is -0.454 e. The summed E-state index contributed by atoms with van der Waals surface area (Å²) in [6.07, 6.45) is 0. The first kappa shape index (κ1) is 22.8. The number of carbonyl (C=O) groups is 2. The van der Waals surface area contributed by atoms with Gasteiger partial charge >= 0.3 is 5.97 Å². The fourth-order valence-corrected chi connectivity index (χ4v) is 4.84. The van der Waals surface area contributed by atoms with E-state index in [1.54, 1.807) is 13.8 Å². The molecule has 0 amide bonds. The second-order valence-electron chi connectivity index (χ2n) is 6.89. The van der Waals surface area contributed by atoms with Gasteiger partial charge in [-0.3, -0.25) is 4.79 Å². The van der Waals surface area contributed by atoms with Crippen molar-refractivity contribution in [3.05, 3.63) is 64.2 Å². The van der Waals surface area contributed by atoms with Gasteiger partial charge in [0.05, 0.1) is 10.5 Å². The smallest absolute Gasteiger partial charge is 0.338 e. The Balaban J connectivity index is 2.10. The quantitative estimate of drug-likeness (QED) is 0.483. The third-order valence-electron chi connectivity index (χ3n) is 4.72. The predicted molar refractivity (Wildman–Crippen MR) is 112 cm³/mol. The van der Waals surface area contributed by atoms with E-state index >= 15 is 0 Å². The van der Waals surface area contributed by atoms with Crippen LogP contribution in [0.15, 0.2) is 41.3 Å². The summed E-state index contributed by atoms with van der Waals surface area (Å²) in [6.45, 7) is 9.55. The number of nitrogens with zero attached hydrogens (tertiary/aromatic N) is 1. The molecule has 2 aromatic rings. The van der Waals surface area contributed by atoms with E-state index in [1.807, 2.05) is 32.9 Å². The summed E-state index contributed by atoms with van der Waals surface area (Å²) >= 11 is 0. The standard InChI is InChI=1S/C22H27NO5S/c1-6-23(7-2)29(26,27)19-10-8-18(9-11-19)22(25)28-14-20(24)21-16(4)12-15(3)13-17(21)5/h8-13H,6-7,14H2,1-5H3. The molecule has 0 fully saturated rings. The normalized spacial score (nSPS) is 11.5. The Hall–Kier alpha value is -2.51. The fourth-order valence-electron chi connectivity index (χ4n) is 3.38. The highest BCUT2D eigenvalue weighted by molar-refractivity contribution is 7.89. The van der Waals surface area contributed by atoms with Crippen LogP contribution in [0.3, 0.4) is 0 Å². The zero-order chi connectivity index (χ0) is 21.8. The topological polar surface area (TPSA) is 80.8 Å². The number of sulfonamides is 1. The lowest BCUT2D eigenvalue weighted by atomic mass is 9.97. The number of carbonyl (C=O) groups excluding carboxylic acids is 2. The van der Waals surface area contributed by atoms with Crippen LogP contribution in [0.25, 0.3) is 0 Å². The molecule has 0 saturated carbocycles. The van der Waals surface area contributed by atoms with Gasteiger partial charge in [0.15, 0.2) is 6.61 Å². The maximum Gasteiger partial charge on any atom is 0.338 e. The molecule has 0 aliphatic heterocycles. The van der Waals surface area contributed by atoms with Crippen molar-refractivity contribution in [2.75, 3.05) is 19.7 Å². The highest BCUT2D eigenvalue weighted by Crippen LogP contribution is 2.19. The Morgan fingerprint density at radius 1 is 0.931 bits per heavy atom. The summed E-state index contributed by atoms with van der Waals surface area (Å²) in [7, 11) is -3.59. The third kappa shape index (κ3) is 5.10. The lowest BCUT2D eigenvalue weighted by Crippen LogP contribution is -2.30. The molecular formula is C22H27NO5S. The molecule has 0 bridgehead atoms. The van der Waals surface area contributed by atoms with Crippen LogP contribution in [-0.2, 0) is 14.8 Å². The van der Waals surface area contributed by atoms with Gasteiger partial charge in [0.2, 0.25) is 15.8 Å². The van der Waals surface area contributed by atoms with E-state index in [1.165, 1.54) is 28.6 Å². The van der Waals surface area contributed by atoms with Gasteiger partial charge in [-0.2, -0.15) is 4.31 Å². The first-order valence-corrected chi connectivity index (χ1v) is 10.9. The molecule has 29 heavy (non-hydrogen) atoms. The highest BCUT2D eigenvalue weighted by Gasteiger charge is 2.22. The lowest BCUT2D eigenvalue weighted by molar-refractivity contribution is 0.0474. The van der Waals surface area contributed by atoms with E-state index in [2.05, 4.69) is 0 Å². The molecule has 0 N–H and O–H groups in total. The van der Waals surface area contributed by atoms with E-state index in [-0.39, 0.29) is 22.8 Å². The Morgan fingerprint density at radius 2 is 1.45 bits per heavy atom. The number of hydrogen-bond acceptors (Lipinski definition) is 5. The number of rotatable bonds is 8. The van der Waals surface area contributed by atoms with Gasteiger partial charge in [0, 0.05) is 18.7 Å². The molecule has 0 saturated heterocycles. The molecule has 6 nitrogen and oxygen atoms in total. The van der Waals surface area contributed by atoms with Gasteiger partial charge in [-0.05, 0) is 56.2 Å². The van der Waals surface area contributed by atoms with E-state index in [0.717, 1.165) is 16.7 Å². The molecule has 2 aromatic carbocycles. The van der Waals surface area contributed by atoms with Crippen molar-refractivity contribution < 1.29 is 22.7 Å². The lowest BCUT2D eigenvalue weighted by Gasteiger charge is -2.18. The summed E-state index contributed by atoms with van der Waals surface area (Å²) in [4.78, 5) is 24.9. The average molecular weight is 418 g/mol. The first-order valence-electron chi connectivity index (χ1n) is 9.50. The second-order valence-corrected chi connectivity index (χ2v) is 8.82. The summed E-state index contributed by atoms with van der Waals surface area (Å²) in [6, 6.07) is 9.37. The van der Waals surface area contributed by atoms with Gasteiger partial charge in [-0.15, -0.1) is 0 Å². The number of ketones is 1. The van der Waals surface area contributed by atoms with Crippen LogP contribution in [-0.4, -0.2) is 44.2 Å². The third-order valence-corrected chi connectivity index (χ3v) is 6.79. The highest BCUT2D eigenvalue weighted by atomic mass is 32.2. The monoisotopic (exact) mass is 417 g/mol. The first-order chi connectivity index (χ1) is 13.6. The number of esters is 1. The van der Waals surface area contributed by atoms with Crippen LogP contribution < -0.4 is 0 Å². The molecular weight excluding hydrogens is 390 g/mol. The average Bonchev–Trinajstić information content (AvgIpc) is 2.66. The van der Waals surface area contributed by atoms with Crippen molar-refractivity contribution >= 4 is 21.8 Å². The zero-order valence-electron chi connectivity index (χ0n) is 17.5. The molecule has 156 valence electrons. The number of ether oxygens (including phenoxy) is 1. The zero-order valence-corrected chi connectivity index (χ0v) is 18.3. The van der Waals surface area contributed by atoms with Gasteiger partial charge < -0.3 is 4.74 Å². The van der Waals surface area contributed by atoms with Gasteiger partial charge in [0.25, 0.3) is 0 Å². The summed E-state index contributed by atoms with van der Waals surface area (Å²) in [5, 5.41) is 0. The molecule has 0 aliphatic carbocycles. The molecule has 0 aromatic heterocycles. The number of hydrogen-bond donors (Lipinski definition) is 0. The summed E-state index contributed by atoms with van der Waals surface area (Å²) in [5.41, 5.74) is 3.50. The Bertz CT molecular complexity index is 983. The van der Waals surface area contributed by atoms with Crippen molar-refractivity contribution in [1.29, 1.82) is 0 Å². The second kappa shape index (κ2) is 9.33. The van der Waals surface area contributed by atoms with Crippen LogP contribution in [0.5, 0.6) is 0 Å². The molecule has 0 unspecified atom stereocenters. The molecule has 0 atom stereocenters. The van der Waals surface area contributed by atoms with Crippen molar-refractivity contribution in [3.63, 3.8) is 0 Å². The summed E-state index contributed by atoms with van der Waals surface area (Å²) in [5.74, 6) is -0.943. The van der Waals surface area contributed by atoms with Crippen LogP contribution in [0.4, 0.5) is 0 Å². The van der Waals surface area contributed by atoms with Gasteiger partial charge in [-0.25, -0.2) is 13.2 Å². The number of Topliss-reactive ketones (excluding diaryl/α,β-unsaturated/α-hetero) is 1. The van der Waals surface area contributed by atoms with Crippen molar-refractivity contribution in [2.24, 2.45) is 0 Å². The molecule has 0 spiro atoms. The van der Waals surface area contributed by atoms with Crippen molar-refractivity contribution in [2.45, 2.75) is 39.5 Å². The largest absolute Gasteiger partial charge is 0.454 e. The predicted octanol–water partition coefficient (Wildman–Crippen LogP) is 3.68. The van der Waals surface area contributed by atoms with Crippen LogP contribution in [0, 0.1) is 20.8 Å². The minimum absolute atomic E-state index is 0.111. The van der Waals surface area contributed by atoms with Crippen LogP contribution in [0.1, 0.15) is 51.3 Å². The minimum atomic E-state index is -3.59.